The van der Waals surface area contributed by atoms with E-state index in [1.807, 2.05) is 12.1 Å². The Hall–Kier alpha value is -5.20. The van der Waals surface area contributed by atoms with E-state index in [1.54, 1.807) is 59.0 Å². The molecule has 1 N–H and O–H groups in total. The molecule has 1 amide bonds. The number of ether oxygens (including phenoxy) is 1. The van der Waals surface area contributed by atoms with Crippen LogP contribution in [0.1, 0.15) is 39.5 Å². The molecular formula is C32H29F3N6O4. The Labute approximate surface area is 255 Å². The van der Waals surface area contributed by atoms with Gasteiger partial charge in [-0.1, -0.05) is 48.5 Å². The van der Waals surface area contributed by atoms with Crippen LogP contribution in [0, 0.1) is 0 Å². The van der Waals surface area contributed by atoms with Gasteiger partial charge in [0.15, 0.2) is 17.2 Å². The highest BCUT2D eigenvalue weighted by atomic mass is 19.4. The van der Waals surface area contributed by atoms with Crippen LogP contribution < -0.4 is 20.5 Å². The van der Waals surface area contributed by atoms with Crippen molar-refractivity contribution in [3.63, 3.8) is 0 Å². The van der Waals surface area contributed by atoms with Crippen LogP contribution in [0.25, 0.3) is 21.8 Å². The minimum atomic E-state index is -4.65. The van der Waals surface area contributed by atoms with Gasteiger partial charge in [0.05, 0.1) is 24.7 Å². The molecule has 1 aliphatic heterocycles. The number of Topliss-reactive ketones (excluding diaryl/α,β-unsaturated/α-hetero) is 1. The van der Waals surface area contributed by atoms with Crippen LogP contribution >= 0.6 is 0 Å². The quantitative estimate of drug-likeness (QED) is 0.266. The lowest BCUT2D eigenvalue weighted by molar-refractivity contribution is -0.144. The van der Waals surface area contributed by atoms with Gasteiger partial charge in [-0.05, 0) is 25.0 Å². The summed E-state index contributed by atoms with van der Waals surface area (Å²) >= 11 is 0. The number of benzene rings is 2. The van der Waals surface area contributed by atoms with Crippen LogP contribution in [0.4, 0.5) is 19.0 Å². The van der Waals surface area contributed by atoms with Crippen molar-refractivity contribution in [1.29, 1.82) is 0 Å². The van der Waals surface area contributed by atoms with Gasteiger partial charge in [0, 0.05) is 43.3 Å². The van der Waals surface area contributed by atoms with Crippen LogP contribution in [0.15, 0.2) is 71.7 Å². The van der Waals surface area contributed by atoms with Crippen molar-refractivity contribution in [2.45, 2.75) is 31.6 Å². The molecular weight excluding hydrogens is 589 g/mol. The minimum absolute atomic E-state index is 0.0970. The number of halogens is 3. The summed E-state index contributed by atoms with van der Waals surface area (Å²) in [5.74, 6) is -1.63. The second-order valence-electron chi connectivity index (χ2n) is 10.8. The van der Waals surface area contributed by atoms with Crippen LogP contribution in [0.2, 0.25) is 0 Å². The first-order valence-electron chi connectivity index (χ1n) is 14.3. The topological polar surface area (TPSA) is 111 Å². The monoisotopic (exact) mass is 618 g/mol. The zero-order valence-electron chi connectivity index (χ0n) is 24.5. The molecule has 232 valence electrons. The number of ketones is 1. The molecule has 1 aliphatic rings. The van der Waals surface area contributed by atoms with E-state index in [2.05, 4.69) is 15.3 Å². The summed E-state index contributed by atoms with van der Waals surface area (Å²) in [5.41, 5.74) is 1.20. The van der Waals surface area contributed by atoms with Gasteiger partial charge in [-0.25, -0.2) is 9.97 Å². The maximum Gasteiger partial charge on any atom is 0.451 e. The Bertz CT molecular complexity index is 1980. The molecule has 2 aromatic carbocycles. The number of carbonyl (C=O) groups is 2. The zero-order valence-corrected chi connectivity index (χ0v) is 24.5. The largest absolute Gasteiger partial charge is 0.493 e. The fourth-order valence-electron chi connectivity index (χ4n) is 5.96. The fraction of sp³-hybridized carbons (Fsp3) is 0.281. The number of nitrogens with one attached hydrogen (secondary N) is 1. The van der Waals surface area contributed by atoms with Crippen molar-refractivity contribution >= 4 is 39.3 Å². The number of rotatable bonds is 7. The molecule has 6 rings (SSSR count). The fourth-order valence-corrected chi connectivity index (χ4v) is 5.96. The summed E-state index contributed by atoms with van der Waals surface area (Å²) in [5, 5.41) is 3.87. The molecule has 4 heterocycles. The van der Waals surface area contributed by atoms with E-state index in [-0.39, 0.29) is 41.0 Å². The Kier molecular flexibility index (Phi) is 7.77. The molecule has 0 aliphatic carbocycles. The average molecular weight is 619 g/mol. The number of methoxy groups -OCH3 is 1. The predicted molar refractivity (Wildman–Crippen MR) is 162 cm³/mol. The van der Waals surface area contributed by atoms with Gasteiger partial charge in [0.2, 0.25) is 5.82 Å². The molecule has 3 aromatic heterocycles. The maximum atomic E-state index is 14.0. The molecule has 0 radical (unpaired) electrons. The van der Waals surface area contributed by atoms with Crippen LogP contribution in [0.5, 0.6) is 5.75 Å². The molecule has 0 bridgehead atoms. The van der Waals surface area contributed by atoms with Gasteiger partial charge in [-0.3, -0.25) is 19.0 Å². The third kappa shape index (κ3) is 5.49. The molecule has 1 saturated heterocycles. The average Bonchev–Trinajstić information content (AvgIpc) is 3.35. The van der Waals surface area contributed by atoms with Gasteiger partial charge >= 0.3 is 6.18 Å². The predicted octanol–water partition coefficient (Wildman–Crippen LogP) is 4.59. The SMILES string of the molecule is COc1c(C(=O)NC2CCN(c3ccnc(C(F)(F)F)n3)CC2)n(C)c2c1c(=O)n(CC(=O)c1ccccc1)c1ccccc21. The summed E-state index contributed by atoms with van der Waals surface area (Å²) in [6.45, 7) is 0.542. The van der Waals surface area contributed by atoms with E-state index >= 15 is 0 Å². The summed E-state index contributed by atoms with van der Waals surface area (Å²) < 4.78 is 48.0. The van der Waals surface area contributed by atoms with E-state index in [0.29, 0.717) is 47.9 Å². The Balaban J connectivity index is 1.30. The Morgan fingerprint density at radius 2 is 1.71 bits per heavy atom. The number of aryl methyl sites for hydroxylation is 1. The highest BCUT2D eigenvalue weighted by Crippen LogP contribution is 2.35. The smallest absolute Gasteiger partial charge is 0.451 e. The minimum Gasteiger partial charge on any atom is -0.493 e. The highest BCUT2D eigenvalue weighted by molar-refractivity contribution is 6.12. The maximum absolute atomic E-state index is 14.0. The summed E-state index contributed by atoms with van der Waals surface area (Å²) in [4.78, 5) is 49.6. The lowest BCUT2D eigenvalue weighted by Gasteiger charge is -2.33. The summed E-state index contributed by atoms with van der Waals surface area (Å²) in [6.07, 6.45) is -2.64. The second kappa shape index (κ2) is 11.7. The number of para-hydroxylation sites is 1. The molecule has 10 nitrogen and oxygen atoms in total. The van der Waals surface area contributed by atoms with Gasteiger partial charge in [0.25, 0.3) is 11.5 Å². The van der Waals surface area contributed by atoms with E-state index < -0.39 is 23.5 Å². The number of pyridine rings is 1. The van der Waals surface area contributed by atoms with Crippen molar-refractivity contribution < 1.29 is 27.5 Å². The molecule has 0 unspecified atom stereocenters. The molecule has 0 saturated carbocycles. The number of alkyl halides is 3. The number of amides is 1. The molecule has 0 atom stereocenters. The number of hydrogen-bond donors (Lipinski definition) is 1. The molecule has 13 heteroatoms. The summed E-state index contributed by atoms with van der Waals surface area (Å²) in [7, 11) is 3.07. The van der Waals surface area contributed by atoms with Gasteiger partial charge in [0.1, 0.15) is 11.2 Å². The van der Waals surface area contributed by atoms with Crippen LogP contribution in [-0.4, -0.2) is 57.0 Å². The first kappa shape index (κ1) is 29.9. The Morgan fingerprint density at radius 3 is 2.40 bits per heavy atom. The Morgan fingerprint density at radius 1 is 1.02 bits per heavy atom. The lowest BCUT2D eigenvalue weighted by Crippen LogP contribution is -2.45. The van der Waals surface area contributed by atoms with E-state index in [1.165, 1.54) is 17.7 Å². The normalized spacial score (nSPS) is 14.2. The molecule has 0 spiro atoms. The van der Waals surface area contributed by atoms with E-state index in [9.17, 15) is 27.6 Å². The highest BCUT2D eigenvalue weighted by Gasteiger charge is 2.35. The zero-order chi connectivity index (χ0) is 31.9. The number of piperidine rings is 1. The number of hydrogen-bond acceptors (Lipinski definition) is 7. The van der Waals surface area contributed by atoms with Crippen molar-refractivity contribution in [3.8, 4) is 5.75 Å². The van der Waals surface area contributed by atoms with Crippen LogP contribution in [-0.2, 0) is 19.8 Å². The molecule has 5 aromatic rings. The number of nitrogens with zero attached hydrogens (tertiary/aromatic N) is 5. The molecule has 1 fully saturated rings. The third-order valence-electron chi connectivity index (χ3n) is 8.12. The van der Waals surface area contributed by atoms with Crippen molar-refractivity contribution in [3.05, 3.63) is 94.3 Å². The standard InChI is InChI=1S/C32H29F3N6O4/c1-39-26-21-10-6-7-11-22(21)41(18-23(42)19-8-4-3-5-9-19)30(44)25(26)28(45-2)27(39)29(43)37-20-13-16-40(17-14-20)24-12-15-36-31(38-24)32(33,34)35/h3-12,15,20H,13-14,16-18H2,1-2H3,(H,37,43). The van der Waals surface area contributed by atoms with Crippen LogP contribution in [0.3, 0.4) is 0 Å². The van der Waals surface area contributed by atoms with E-state index in [0.717, 1.165) is 6.20 Å². The summed E-state index contributed by atoms with van der Waals surface area (Å²) in [6, 6.07) is 17.0. The first-order valence-corrected chi connectivity index (χ1v) is 14.3. The molecule has 45 heavy (non-hydrogen) atoms. The lowest BCUT2D eigenvalue weighted by atomic mass is 10.0. The van der Waals surface area contributed by atoms with Crippen molar-refractivity contribution in [2.24, 2.45) is 7.05 Å². The first-order chi connectivity index (χ1) is 21.6. The van der Waals surface area contributed by atoms with Gasteiger partial charge < -0.3 is 19.5 Å². The second-order valence-corrected chi connectivity index (χ2v) is 10.8. The van der Waals surface area contributed by atoms with Gasteiger partial charge in [-0.15, -0.1) is 0 Å². The third-order valence-corrected chi connectivity index (χ3v) is 8.12. The number of carbonyl (C=O) groups excluding carboxylic acids is 2. The number of aromatic nitrogens is 4. The number of anilines is 1. The van der Waals surface area contributed by atoms with Crippen molar-refractivity contribution in [1.82, 2.24) is 24.4 Å². The van der Waals surface area contributed by atoms with E-state index in [4.69, 9.17) is 4.74 Å². The van der Waals surface area contributed by atoms with Crippen molar-refractivity contribution in [2.75, 3.05) is 25.1 Å². The van der Waals surface area contributed by atoms with Gasteiger partial charge in [-0.2, -0.15) is 13.2 Å². The number of fused-ring (bicyclic) bond motifs is 3.